The second kappa shape index (κ2) is 5.27. The van der Waals surface area contributed by atoms with E-state index in [1.54, 1.807) is 6.07 Å². The Kier molecular flexibility index (Phi) is 3.74. The van der Waals surface area contributed by atoms with Crippen LogP contribution in [0.15, 0.2) is 24.3 Å². The first kappa shape index (κ1) is 11.3. The summed E-state index contributed by atoms with van der Waals surface area (Å²) in [6.45, 7) is 0. The van der Waals surface area contributed by atoms with Crippen LogP contribution in [-0.4, -0.2) is 9.46 Å². The van der Waals surface area contributed by atoms with Crippen LogP contribution in [0.4, 0.5) is 0 Å². The molecular weight excluding hydrogens is 218 g/mol. The van der Waals surface area contributed by atoms with Gasteiger partial charge in [0, 0.05) is 16.0 Å². The van der Waals surface area contributed by atoms with Gasteiger partial charge in [0.05, 0.1) is 17.4 Å². The van der Waals surface area contributed by atoms with Gasteiger partial charge in [-0.25, -0.2) is 0 Å². The molecule has 1 aromatic carbocycles. The lowest BCUT2D eigenvalue weighted by atomic mass is 10.1. The Morgan fingerprint density at radius 2 is 2.00 bits per heavy atom. The normalized spacial score (nSPS) is 18.2. The average Bonchev–Trinajstić information content (AvgIpc) is 2.83. The van der Waals surface area contributed by atoms with Gasteiger partial charge in [0.1, 0.15) is 0 Å². The Balaban J connectivity index is 2.08. The molecule has 0 heterocycles. The van der Waals surface area contributed by atoms with Crippen LogP contribution in [-0.2, 0) is 16.6 Å². The molecule has 2 rings (SSSR count). The minimum absolute atomic E-state index is 0.353. The topological polar surface area (TPSA) is 40.9 Å². The van der Waals surface area contributed by atoms with E-state index < -0.39 is 10.8 Å². The summed E-state index contributed by atoms with van der Waals surface area (Å²) in [5.41, 5.74) is 1.59. The van der Waals surface area contributed by atoms with E-state index in [4.69, 9.17) is 5.26 Å². The molecular formula is C13H15NOS. The number of benzene rings is 1. The molecule has 84 valence electrons. The highest BCUT2D eigenvalue weighted by Gasteiger charge is 2.21. The van der Waals surface area contributed by atoms with Crippen molar-refractivity contribution >= 4 is 10.8 Å². The molecule has 0 radical (unpaired) electrons. The van der Waals surface area contributed by atoms with Crippen molar-refractivity contribution in [2.24, 2.45) is 0 Å². The highest BCUT2D eigenvalue weighted by Crippen LogP contribution is 2.25. The van der Waals surface area contributed by atoms with Crippen molar-refractivity contribution in [2.75, 3.05) is 0 Å². The molecule has 16 heavy (non-hydrogen) atoms. The molecule has 0 bridgehead atoms. The lowest BCUT2D eigenvalue weighted by Gasteiger charge is -2.09. The minimum Gasteiger partial charge on any atom is -0.259 e. The Hall–Kier alpha value is -1.14. The lowest BCUT2D eigenvalue weighted by Crippen LogP contribution is -2.12. The first-order chi connectivity index (χ1) is 7.81. The van der Waals surface area contributed by atoms with Gasteiger partial charge < -0.3 is 0 Å². The SMILES string of the molecule is N#Cc1ccccc1CS(=O)C1CCCC1. The highest BCUT2D eigenvalue weighted by atomic mass is 32.2. The van der Waals surface area contributed by atoms with E-state index in [9.17, 15) is 4.21 Å². The molecule has 1 aromatic rings. The summed E-state index contributed by atoms with van der Waals surface area (Å²) < 4.78 is 12.1. The summed E-state index contributed by atoms with van der Waals surface area (Å²) >= 11 is 0. The van der Waals surface area contributed by atoms with E-state index in [1.165, 1.54) is 12.8 Å². The lowest BCUT2D eigenvalue weighted by molar-refractivity contribution is 0.668. The van der Waals surface area contributed by atoms with E-state index in [1.807, 2.05) is 18.2 Å². The molecule has 1 fully saturated rings. The fourth-order valence-corrected chi connectivity index (χ4v) is 3.83. The maximum Gasteiger partial charge on any atom is 0.0994 e. The maximum atomic E-state index is 12.1. The van der Waals surface area contributed by atoms with Crippen molar-refractivity contribution in [1.29, 1.82) is 5.26 Å². The van der Waals surface area contributed by atoms with E-state index in [0.29, 0.717) is 16.6 Å². The fraction of sp³-hybridized carbons (Fsp3) is 0.462. The standard InChI is InChI=1S/C13H15NOS/c14-9-11-5-1-2-6-12(11)10-16(15)13-7-3-4-8-13/h1-2,5-6,13H,3-4,7-8,10H2. The number of rotatable bonds is 3. The summed E-state index contributed by atoms with van der Waals surface area (Å²) in [4.78, 5) is 0. The third-order valence-corrected chi connectivity index (χ3v) is 4.92. The Bertz CT molecular complexity index is 430. The fourth-order valence-electron chi connectivity index (χ4n) is 2.18. The van der Waals surface area contributed by atoms with Crippen molar-refractivity contribution in [3.8, 4) is 6.07 Å². The minimum atomic E-state index is -0.809. The molecule has 0 saturated heterocycles. The molecule has 2 nitrogen and oxygen atoms in total. The van der Waals surface area contributed by atoms with Crippen LogP contribution in [0.5, 0.6) is 0 Å². The Morgan fingerprint density at radius 1 is 1.31 bits per heavy atom. The van der Waals surface area contributed by atoms with Crippen LogP contribution < -0.4 is 0 Å². The zero-order chi connectivity index (χ0) is 11.4. The second-order valence-electron chi connectivity index (χ2n) is 4.20. The highest BCUT2D eigenvalue weighted by molar-refractivity contribution is 7.84. The molecule has 1 aliphatic rings. The summed E-state index contributed by atoms with van der Waals surface area (Å²) in [5, 5.41) is 9.30. The monoisotopic (exact) mass is 233 g/mol. The van der Waals surface area contributed by atoms with Gasteiger partial charge in [-0.05, 0) is 24.5 Å². The van der Waals surface area contributed by atoms with Crippen LogP contribution >= 0.6 is 0 Å². The van der Waals surface area contributed by atoms with Crippen molar-refractivity contribution < 1.29 is 4.21 Å². The molecule has 1 unspecified atom stereocenters. The molecule has 0 aromatic heterocycles. The van der Waals surface area contributed by atoms with Gasteiger partial charge in [0.15, 0.2) is 0 Å². The van der Waals surface area contributed by atoms with Gasteiger partial charge in [-0.2, -0.15) is 5.26 Å². The van der Waals surface area contributed by atoms with Gasteiger partial charge >= 0.3 is 0 Å². The predicted molar refractivity (Wildman–Crippen MR) is 65.3 cm³/mol. The quantitative estimate of drug-likeness (QED) is 0.805. The zero-order valence-electron chi connectivity index (χ0n) is 9.19. The molecule has 0 aliphatic heterocycles. The number of nitriles is 1. The maximum absolute atomic E-state index is 12.1. The van der Waals surface area contributed by atoms with E-state index >= 15 is 0 Å². The van der Waals surface area contributed by atoms with Crippen LogP contribution in [0.25, 0.3) is 0 Å². The van der Waals surface area contributed by atoms with Crippen LogP contribution in [0.3, 0.4) is 0 Å². The van der Waals surface area contributed by atoms with Crippen molar-refractivity contribution in [2.45, 2.75) is 36.7 Å². The number of hydrogen-bond acceptors (Lipinski definition) is 2. The van der Waals surface area contributed by atoms with Gasteiger partial charge in [-0.15, -0.1) is 0 Å². The summed E-state index contributed by atoms with van der Waals surface area (Å²) in [6, 6.07) is 9.61. The largest absolute Gasteiger partial charge is 0.259 e. The van der Waals surface area contributed by atoms with E-state index in [2.05, 4.69) is 6.07 Å². The van der Waals surface area contributed by atoms with Crippen molar-refractivity contribution in [3.05, 3.63) is 35.4 Å². The molecule has 0 N–H and O–H groups in total. The first-order valence-electron chi connectivity index (χ1n) is 5.66. The van der Waals surface area contributed by atoms with Gasteiger partial charge in [0.25, 0.3) is 0 Å². The third kappa shape index (κ3) is 2.51. The van der Waals surface area contributed by atoms with Crippen LogP contribution in [0.1, 0.15) is 36.8 Å². The molecule has 1 saturated carbocycles. The third-order valence-electron chi connectivity index (χ3n) is 3.11. The summed E-state index contributed by atoms with van der Waals surface area (Å²) in [5.74, 6) is 0.536. The zero-order valence-corrected chi connectivity index (χ0v) is 10.0. The van der Waals surface area contributed by atoms with Gasteiger partial charge in [-0.3, -0.25) is 4.21 Å². The van der Waals surface area contributed by atoms with Crippen molar-refractivity contribution in [3.63, 3.8) is 0 Å². The molecule has 3 heteroatoms. The van der Waals surface area contributed by atoms with Crippen LogP contribution in [0.2, 0.25) is 0 Å². The Morgan fingerprint density at radius 3 is 2.69 bits per heavy atom. The number of hydrogen-bond donors (Lipinski definition) is 0. The van der Waals surface area contributed by atoms with Crippen LogP contribution in [0, 0.1) is 11.3 Å². The molecule has 0 amide bonds. The molecule has 1 aliphatic carbocycles. The van der Waals surface area contributed by atoms with Gasteiger partial charge in [0.2, 0.25) is 0 Å². The average molecular weight is 233 g/mol. The molecule has 1 atom stereocenters. The Labute approximate surface area is 98.7 Å². The predicted octanol–water partition coefficient (Wildman–Crippen LogP) is 2.75. The number of nitrogens with zero attached hydrogens (tertiary/aromatic N) is 1. The second-order valence-corrected chi connectivity index (χ2v) is 5.92. The van der Waals surface area contributed by atoms with E-state index in [-0.39, 0.29) is 0 Å². The van der Waals surface area contributed by atoms with Crippen molar-refractivity contribution in [1.82, 2.24) is 0 Å². The summed E-state index contributed by atoms with van der Waals surface area (Å²) in [6.07, 6.45) is 4.58. The van der Waals surface area contributed by atoms with Gasteiger partial charge in [-0.1, -0.05) is 31.0 Å². The first-order valence-corrected chi connectivity index (χ1v) is 7.04. The van der Waals surface area contributed by atoms with E-state index in [0.717, 1.165) is 18.4 Å². The smallest absolute Gasteiger partial charge is 0.0994 e. The molecule has 0 spiro atoms. The summed E-state index contributed by atoms with van der Waals surface area (Å²) in [7, 11) is -0.809.